The highest BCUT2D eigenvalue weighted by Gasteiger charge is 2.19. The highest BCUT2D eigenvalue weighted by molar-refractivity contribution is 4.73. The topological polar surface area (TPSA) is 43.1 Å². The van der Waals surface area contributed by atoms with Crippen LogP contribution in [0.5, 0.6) is 0 Å². The van der Waals surface area contributed by atoms with Crippen molar-refractivity contribution < 1.29 is 4.92 Å². The van der Waals surface area contributed by atoms with E-state index in [1.807, 2.05) is 0 Å². The van der Waals surface area contributed by atoms with Crippen LogP contribution in [0.3, 0.4) is 0 Å². The van der Waals surface area contributed by atoms with Crippen molar-refractivity contribution in [2.75, 3.05) is 0 Å². The van der Waals surface area contributed by atoms with Crippen molar-refractivity contribution in [1.29, 1.82) is 0 Å². The van der Waals surface area contributed by atoms with Crippen LogP contribution < -0.4 is 0 Å². The van der Waals surface area contributed by atoms with Crippen LogP contribution in [-0.2, 0) is 0 Å². The molecule has 0 heterocycles. The van der Waals surface area contributed by atoms with E-state index in [4.69, 9.17) is 0 Å². The quantitative estimate of drug-likeness (QED) is 0.431. The molecule has 1 saturated carbocycles. The monoisotopic (exact) mass is 156 g/mol. The molecule has 11 heavy (non-hydrogen) atoms. The second kappa shape index (κ2) is 4.31. The molecule has 1 unspecified atom stereocenters. The average molecular weight is 156 g/mol. The number of hydrogen-bond donors (Lipinski definition) is 0. The third kappa shape index (κ3) is 2.87. The van der Waals surface area contributed by atoms with Crippen LogP contribution in [0.4, 0.5) is 0 Å². The molecular formula is C8H14NO2. The van der Waals surface area contributed by atoms with Crippen molar-refractivity contribution in [2.24, 2.45) is 0 Å². The molecule has 1 radical (unpaired) electrons. The van der Waals surface area contributed by atoms with Gasteiger partial charge in [0, 0.05) is 17.8 Å². The molecule has 0 aromatic carbocycles. The first-order valence-electron chi connectivity index (χ1n) is 4.26. The van der Waals surface area contributed by atoms with Crippen molar-refractivity contribution >= 4 is 0 Å². The normalized spacial score (nSPS) is 22.2. The van der Waals surface area contributed by atoms with Gasteiger partial charge in [-0.15, -0.1) is 0 Å². The van der Waals surface area contributed by atoms with Gasteiger partial charge in [0.2, 0.25) is 6.04 Å². The zero-order chi connectivity index (χ0) is 8.10. The Labute approximate surface area is 66.9 Å². The second-order valence-corrected chi connectivity index (χ2v) is 3.10. The maximum absolute atomic E-state index is 10.4. The van der Waals surface area contributed by atoms with Crippen molar-refractivity contribution in [2.45, 2.75) is 44.6 Å². The van der Waals surface area contributed by atoms with E-state index in [9.17, 15) is 10.1 Å². The van der Waals surface area contributed by atoms with Crippen LogP contribution in [-0.4, -0.2) is 11.0 Å². The molecule has 1 atom stereocenters. The number of rotatable bonds is 1. The molecule has 1 aliphatic rings. The Morgan fingerprint density at radius 1 is 1.36 bits per heavy atom. The van der Waals surface area contributed by atoms with Crippen LogP contribution in [0.15, 0.2) is 0 Å². The second-order valence-electron chi connectivity index (χ2n) is 3.10. The minimum Gasteiger partial charge on any atom is -0.264 e. The highest BCUT2D eigenvalue weighted by atomic mass is 16.6. The number of nitro groups is 1. The third-order valence-corrected chi connectivity index (χ3v) is 2.18. The standard InChI is InChI=1S/C8H14NO2/c10-9(11)8-6-4-2-1-3-5-7-8/h4,8H,1-3,5-7H2. The Morgan fingerprint density at radius 3 is 2.91 bits per heavy atom. The minimum atomic E-state index is -0.296. The molecule has 0 aromatic rings. The van der Waals surface area contributed by atoms with E-state index >= 15 is 0 Å². The molecule has 1 fully saturated rings. The van der Waals surface area contributed by atoms with E-state index in [2.05, 4.69) is 6.42 Å². The van der Waals surface area contributed by atoms with Gasteiger partial charge in [0.1, 0.15) is 0 Å². The maximum atomic E-state index is 10.4. The van der Waals surface area contributed by atoms with Gasteiger partial charge in [0.15, 0.2) is 0 Å². The lowest BCUT2D eigenvalue weighted by atomic mass is 9.97. The lowest BCUT2D eigenvalue weighted by Crippen LogP contribution is -2.20. The summed E-state index contributed by atoms with van der Waals surface area (Å²) in [5, 5.41) is 10.4. The Balaban J connectivity index is 2.32. The van der Waals surface area contributed by atoms with Crippen molar-refractivity contribution in [3.8, 4) is 0 Å². The van der Waals surface area contributed by atoms with Gasteiger partial charge in [-0.3, -0.25) is 10.1 Å². The first kappa shape index (κ1) is 8.50. The van der Waals surface area contributed by atoms with E-state index in [0.717, 1.165) is 25.7 Å². The fourth-order valence-electron chi connectivity index (χ4n) is 1.46. The molecule has 0 bridgehead atoms. The van der Waals surface area contributed by atoms with Crippen LogP contribution in [0.25, 0.3) is 0 Å². The highest BCUT2D eigenvalue weighted by Crippen LogP contribution is 2.17. The molecule has 63 valence electrons. The van der Waals surface area contributed by atoms with E-state index < -0.39 is 0 Å². The molecule has 0 spiro atoms. The van der Waals surface area contributed by atoms with E-state index in [1.165, 1.54) is 6.42 Å². The first-order chi connectivity index (χ1) is 5.30. The fraction of sp³-hybridized carbons (Fsp3) is 0.875. The Bertz CT molecular complexity index is 128. The van der Waals surface area contributed by atoms with Gasteiger partial charge in [0.05, 0.1) is 0 Å². The molecule has 1 rings (SSSR count). The Hall–Kier alpha value is -0.600. The van der Waals surface area contributed by atoms with Crippen LogP contribution in [0, 0.1) is 16.5 Å². The first-order valence-corrected chi connectivity index (χ1v) is 4.26. The van der Waals surface area contributed by atoms with E-state index in [1.54, 1.807) is 0 Å². The average Bonchev–Trinajstić information content (AvgIpc) is 1.84. The predicted molar refractivity (Wildman–Crippen MR) is 42.8 cm³/mol. The van der Waals surface area contributed by atoms with Gasteiger partial charge in [-0.1, -0.05) is 12.8 Å². The lowest BCUT2D eigenvalue weighted by molar-refractivity contribution is -0.523. The molecule has 0 amide bonds. The summed E-state index contributed by atoms with van der Waals surface area (Å²) in [7, 11) is 0. The summed E-state index contributed by atoms with van der Waals surface area (Å²) >= 11 is 0. The lowest BCUT2D eigenvalue weighted by Gasteiger charge is -2.11. The molecule has 1 aliphatic carbocycles. The molecule has 0 aromatic heterocycles. The molecular weight excluding hydrogens is 142 g/mol. The Morgan fingerprint density at radius 2 is 2.18 bits per heavy atom. The third-order valence-electron chi connectivity index (χ3n) is 2.18. The van der Waals surface area contributed by atoms with Gasteiger partial charge >= 0.3 is 0 Å². The van der Waals surface area contributed by atoms with Crippen molar-refractivity contribution in [1.82, 2.24) is 0 Å². The van der Waals surface area contributed by atoms with E-state index in [-0.39, 0.29) is 11.0 Å². The summed E-state index contributed by atoms with van der Waals surface area (Å²) in [5.74, 6) is 0. The summed E-state index contributed by atoms with van der Waals surface area (Å²) in [6.07, 6.45) is 7.96. The molecule has 0 aliphatic heterocycles. The van der Waals surface area contributed by atoms with Crippen molar-refractivity contribution in [3.05, 3.63) is 16.5 Å². The number of hydrogen-bond acceptors (Lipinski definition) is 2. The van der Waals surface area contributed by atoms with Crippen molar-refractivity contribution in [3.63, 3.8) is 0 Å². The minimum absolute atomic E-state index is 0.137. The number of nitrogens with zero attached hydrogens (tertiary/aromatic N) is 1. The SMILES string of the molecule is O=[N+]([O-])C1C[CH]CCCCC1. The summed E-state index contributed by atoms with van der Waals surface area (Å²) in [6.45, 7) is 0. The molecule has 3 nitrogen and oxygen atoms in total. The summed E-state index contributed by atoms with van der Waals surface area (Å²) in [5.41, 5.74) is 0. The predicted octanol–water partition coefficient (Wildman–Crippen LogP) is 2.19. The zero-order valence-electron chi connectivity index (χ0n) is 6.66. The summed E-state index contributed by atoms with van der Waals surface area (Å²) < 4.78 is 0. The maximum Gasteiger partial charge on any atom is 0.213 e. The van der Waals surface area contributed by atoms with Gasteiger partial charge in [0.25, 0.3) is 0 Å². The van der Waals surface area contributed by atoms with Crippen LogP contribution in [0.2, 0.25) is 0 Å². The Kier molecular flexibility index (Phi) is 3.33. The van der Waals surface area contributed by atoms with Gasteiger partial charge in [-0.25, -0.2) is 0 Å². The van der Waals surface area contributed by atoms with Gasteiger partial charge in [-0.05, 0) is 19.3 Å². The molecule has 3 heteroatoms. The smallest absolute Gasteiger partial charge is 0.213 e. The largest absolute Gasteiger partial charge is 0.264 e. The summed E-state index contributed by atoms with van der Waals surface area (Å²) in [6, 6.07) is -0.296. The molecule has 0 N–H and O–H groups in total. The van der Waals surface area contributed by atoms with Crippen LogP contribution >= 0.6 is 0 Å². The molecule has 0 saturated heterocycles. The zero-order valence-corrected chi connectivity index (χ0v) is 6.66. The van der Waals surface area contributed by atoms with Crippen LogP contribution in [0.1, 0.15) is 38.5 Å². The van der Waals surface area contributed by atoms with Gasteiger partial charge < -0.3 is 0 Å². The van der Waals surface area contributed by atoms with E-state index in [0.29, 0.717) is 6.42 Å². The fourth-order valence-corrected chi connectivity index (χ4v) is 1.46. The summed E-state index contributed by atoms with van der Waals surface area (Å²) in [4.78, 5) is 10.3. The van der Waals surface area contributed by atoms with Gasteiger partial charge in [-0.2, -0.15) is 0 Å².